The molecule has 8 heteroatoms. The number of carbonyl (C=O) groups is 1. The molecule has 0 saturated heterocycles. The summed E-state index contributed by atoms with van der Waals surface area (Å²) in [5, 5.41) is 15.6. The molecule has 1 N–H and O–H groups in total. The van der Waals surface area contributed by atoms with Crippen LogP contribution in [0.5, 0.6) is 0 Å². The number of nitro benzene ring substituents is 1. The van der Waals surface area contributed by atoms with Gasteiger partial charge in [0.25, 0.3) is 5.69 Å². The Morgan fingerprint density at radius 2 is 2.04 bits per heavy atom. The van der Waals surface area contributed by atoms with E-state index in [-0.39, 0.29) is 23.4 Å². The van der Waals surface area contributed by atoms with Gasteiger partial charge in [0.05, 0.1) is 16.7 Å². The number of non-ortho nitro benzene ring substituents is 1. The third kappa shape index (κ3) is 5.33. The molecule has 0 aliphatic carbocycles. The van der Waals surface area contributed by atoms with Gasteiger partial charge in [-0.1, -0.05) is 6.07 Å². The molecule has 0 saturated carbocycles. The van der Waals surface area contributed by atoms with Crippen molar-refractivity contribution < 1.29 is 9.72 Å². The first-order valence-electron chi connectivity index (χ1n) is 7.31. The van der Waals surface area contributed by atoms with Crippen LogP contribution >= 0.6 is 23.1 Å². The number of hydrogen-bond acceptors (Lipinski definition) is 6. The molecule has 24 heavy (non-hydrogen) atoms. The minimum absolute atomic E-state index is 0.0496. The molecule has 6 nitrogen and oxygen atoms in total. The number of likely N-dealkylation sites (N-methyl/N-ethyl adjacent to an activating group) is 1. The van der Waals surface area contributed by atoms with Crippen LogP contribution in [0, 0.1) is 10.1 Å². The van der Waals surface area contributed by atoms with Crippen LogP contribution in [0.2, 0.25) is 0 Å². The van der Waals surface area contributed by atoms with Gasteiger partial charge in [-0.3, -0.25) is 14.9 Å². The van der Waals surface area contributed by atoms with Crippen LogP contribution in [0.25, 0.3) is 0 Å². The van der Waals surface area contributed by atoms with Gasteiger partial charge in [-0.2, -0.15) is 0 Å². The molecular weight excluding hydrogens is 346 g/mol. The summed E-state index contributed by atoms with van der Waals surface area (Å²) in [7, 11) is 3.98. The van der Waals surface area contributed by atoms with E-state index in [4.69, 9.17) is 0 Å². The number of benzene rings is 1. The Morgan fingerprint density at radius 1 is 1.33 bits per heavy atom. The Labute approximate surface area is 149 Å². The summed E-state index contributed by atoms with van der Waals surface area (Å²) in [6.07, 6.45) is 0. The van der Waals surface area contributed by atoms with Gasteiger partial charge < -0.3 is 10.2 Å². The maximum Gasteiger partial charge on any atom is 0.269 e. The highest BCUT2D eigenvalue weighted by Gasteiger charge is 2.16. The van der Waals surface area contributed by atoms with E-state index >= 15 is 0 Å². The molecule has 0 aliphatic heterocycles. The normalized spacial score (nSPS) is 12.1. The van der Waals surface area contributed by atoms with Crippen molar-refractivity contribution in [2.24, 2.45) is 0 Å². The molecule has 1 unspecified atom stereocenters. The summed E-state index contributed by atoms with van der Waals surface area (Å²) < 4.78 is 0. The van der Waals surface area contributed by atoms with Crippen molar-refractivity contribution >= 4 is 34.7 Å². The predicted octanol–water partition coefficient (Wildman–Crippen LogP) is 3.17. The fourth-order valence-corrected chi connectivity index (χ4v) is 3.74. The van der Waals surface area contributed by atoms with E-state index in [1.165, 1.54) is 28.8 Å². The number of rotatable bonds is 8. The molecule has 1 aromatic heterocycles. The lowest BCUT2D eigenvalue weighted by atomic mass is 10.2. The van der Waals surface area contributed by atoms with Crippen molar-refractivity contribution in [3.8, 4) is 0 Å². The Hall–Kier alpha value is -1.90. The zero-order valence-corrected chi connectivity index (χ0v) is 15.1. The lowest BCUT2D eigenvalue weighted by molar-refractivity contribution is -0.384. The van der Waals surface area contributed by atoms with Gasteiger partial charge in [0, 0.05) is 28.5 Å². The van der Waals surface area contributed by atoms with Crippen molar-refractivity contribution in [3.63, 3.8) is 0 Å². The number of nitro groups is 1. The highest BCUT2D eigenvalue weighted by molar-refractivity contribution is 8.00. The SMILES string of the molecule is CN(C)C(CNC(=O)CSc1ccc([N+](=O)[O-])cc1)c1cccs1. The zero-order valence-electron chi connectivity index (χ0n) is 13.5. The topological polar surface area (TPSA) is 75.5 Å². The molecule has 1 heterocycles. The molecule has 0 aliphatic rings. The smallest absolute Gasteiger partial charge is 0.269 e. The molecule has 1 aromatic carbocycles. The first kappa shape index (κ1) is 18.4. The van der Waals surface area contributed by atoms with E-state index < -0.39 is 4.92 Å². The molecule has 0 bridgehead atoms. The monoisotopic (exact) mass is 365 g/mol. The fraction of sp³-hybridized carbons (Fsp3) is 0.312. The molecule has 0 radical (unpaired) electrons. The summed E-state index contributed by atoms with van der Waals surface area (Å²) in [6.45, 7) is 0.549. The van der Waals surface area contributed by atoms with E-state index in [1.807, 2.05) is 25.5 Å². The van der Waals surface area contributed by atoms with Gasteiger partial charge in [-0.05, 0) is 37.7 Å². The van der Waals surface area contributed by atoms with Crippen LogP contribution < -0.4 is 5.32 Å². The second-order valence-corrected chi connectivity index (χ2v) is 7.37. The van der Waals surface area contributed by atoms with Gasteiger partial charge in [-0.15, -0.1) is 23.1 Å². The third-order valence-corrected chi connectivity index (χ3v) is 5.39. The molecule has 2 aromatic rings. The van der Waals surface area contributed by atoms with Gasteiger partial charge in [0.15, 0.2) is 0 Å². The third-order valence-electron chi connectivity index (χ3n) is 3.41. The van der Waals surface area contributed by atoms with E-state index in [2.05, 4.69) is 16.3 Å². The molecule has 128 valence electrons. The van der Waals surface area contributed by atoms with Gasteiger partial charge >= 0.3 is 0 Å². The van der Waals surface area contributed by atoms with E-state index in [1.54, 1.807) is 23.5 Å². The van der Waals surface area contributed by atoms with E-state index in [0.29, 0.717) is 6.54 Å². The Bertz CT molecular complexity index is 672. The predicted molar refractivity (Wildman–Crippen MR) is 97.6 cm³/mol. The number of nitrogens with one attached hydrogen (secondary N) is 1. The van der Waals surface area contributed by atoms with Crippen LogP contribution in [0.4, 0.5) is 5.69 Å². The highest BCUT2D eigenvalue weighted by atomic mass is 32.2. The first-order chi connectivity index (χ1) is 11.5. The van der Waals surface area contributed by atoms with Crippen molar-refractivity contribution in [2.45, 2.75) is 10.9 Å². The Morgan fingerprint density at radius 3 is 2.58 bits per heavy atom. The zero-order chi connectivity index (χ0) is 17.5. The highest BCUT2D eigenvalue weighted by Crippen LogP contribution is 2.23. The van der Waals surface area contributed by atoms with Crippen LogP contribution in [-0.2, 0) is 4.79 Å². The lowest BCUT2D eigenvalue weighted by Gasteiger charge is -2.23. The second-order valence-electron chi connectivity index (χ2n) is 5.34. The standard InChI is InChI=1S/C16H19N3O3S2/c1-18(2)14(15-4-3-9-23-15)10-17-16(20)11-24-13-7-5-12(6-8-13)19(21)22/h3-9,14H,10-11H2,1-2H3,(H,17,20). The number of amides is 1. The number of thiophene rings is 1. The summed E-state index contributed by atoms with van der Waals surface area (Å²) in [5.41, 5.74) is 0.0496. The average molecular weight is 365 g/mol. The first-order valence-corrected chi connectivity index (χ1v) is 9.17. The summed E-state index contributed by atoms with van der Waals surface area (Å²) in [6, 6.07) is 10.4. The Balaban J connectivity index is 1.81. The van der Waals surface area contributed by atoms with Gasteiger partial charge in [0.1, 0.15) is 0 Å². The van der Waals surface area contributed by atoms with Gasteiger partial charge in [0.2, 0.25) is 5.91 Å². The molecule has 0 spiro atoms. The quantitative estimate of drug-likeness (QED) is 0.442. The summed E-state index contributed by atoms with van der Waals surface area (Å²) in [5.74, 6) is 0.226. The molecular formula is C16H19N3O3S2. The van der Waals surface area contributed by atoms with Crippen LogP contribution in [0.3, 0.4) is 0 Å². The van der Waals surface area contributed by atoms with Crippen molar-refractivity contribution in [2.75, 3.05) is 26.4 Å². The van der Waals surface area contributed by atoms with E-state index in [9.17, 15) is 14.9 Å². The van der Waals surface area contributed by atoms with Crippen LogP contribution in [-0.4, -0.2) is 42.1 Å². The molecule has 0 fully saturated rings. The molecule has 1 atom stereocenters. The second kappa shape index (κ2) is 8.81. The molecule has 2 rings (SSSR count). The van der Waals surface area contributed by atoms with Crippen molar-refractivity contribution in [1.82, 2.24) is 10.2 Å². The minimum Gasteiger partial charge on any atom is -0.353 e. The van der Waals surface area contributed by atoms with Crippen LogP contribution in [0.15, 0.2) is 46.7 Å². The van der Waals surface area contributed by atoms with Crippen molar-refractivity contribution in [1.29, 1.82) is 0 Å². The van der Waals surface area contributed by atoms with E-state index in [0.717, 1.165) is 4.90 Å². The molecule has 1 amide bonds. The van der Waals surface area contributed by atoms with Crippen LogP contribution in [0.1, 0.15) is 10.9 Å². The number of carbonyl (C=O) groups excluding carboxylic acids is 1. The summed E-state index contributed by atoms with van der Waals surface area (Å²) in [4.78, 5) is 26.3. The lowest BCUT2D eigenvalue weighted by Crippen LogP contribution is -2.35. The fourth-order valence-electron chi connectivity index (χ4n) is 2.09. The maximum atomic E-state index is 12.0. The minimum atomic E-state index is -0.437. The largest absolute Gasteiger partial charge is 0.353 e. The number of thioether (sulfide) groups is 1. The number of nitrogens with zero attached hydrogens (tertiary/aromatic N) is 2. The Kier molecular flexibility index (Phi) is 6.77. The van der Waals surface area contributed by atoms with Gasteiger partial charge in [-0.25, -0.2) is 0 Å². The average Bonchev–Trinajstić information content (AvgIpc) is 3.07. The van der Waals surface area contributed by atoms with Crippen molar-refractivity contribution in [3.05, 3.63) is 56.8 Å². The summed E-state index contributed by atoms with van der Waals surface area (Å²) >= 11 is 3.03. The maximum absolute atomic E-state index is 12.0. The number of hydrogen-bond donors (Lipinski definition) is 1.